The van der Waals surface area contributed by atoms with E-state index in [0.717, 1.165) is 0 Å². The van der Waals surface area contributed by atoms with E-state index in [0.29, 0.717) is 0 Å². The van der Waals surface area contributed by atoms with Crippen molar-refractivity contribution < 1.29 is 70.4 Å². The van der Waals surface area contributed by atoms with Crippen molar-refractivity contribution in [1.82, 2.24) is 0 Å². The predicted molar refractivity (Wildman–Crippen MR) is 0 cm³/mol. The molecule has 2 radical (unpaired) electrons. The molecule has 0 aromatic carbocycles. The SMILES string of the molecule is [Co].[Fe].[Ir].[Ni]. The molecule has 0 saturated carbocycles. The van der Waals surface area contributed by atoms with Gasteiger partial charge in [-0.15, -0.1) is 0 Å². The van der Waals surface area contributed by atoms with Crippen LogP contribution in [0, 0.1) is 0 Å². The molecule has 36 valence electrons. The van der Waals surface area contributed by atoms with Gasteiger partial charge in [-0.1, -0.05) is 0 Å². The summed E-state index contributed by atoms with van der Waals surface area (Å²) in [5.41, 5.74) is 0. The maximum absolute atomic E-state index is 0. The molecule has 4 heavy (non-hydrogen) atoms. The van der Waals surface area contributed by atoms with Crippen LogP contribution in [-0.2, 0) is 70.4 Å². The van der Waals surface area contributed by atoms with Gasteiger partial charge in [0.1, 0.15) is 0 Å². The monoisotopic (exact) mass is 366 g/mol. The zero-order valence-corrected chi connectivity index (χ0v) is 6.86. The molecule has 4 heteroatoms. The fourth-order valence-corrected chi connectivity index (χ4v) is 0. The minimum absolute atomic E-state index is 0. The Kier molecular flexibility index (Phi) is 167. The fraction of sp³-hybridized carbons (Fsp3) is 0. The summed E-state index contributed by atoms with van der Waals surface area (Å²) in [6.07, 6.45) is 0. The van der Waals surface area contributed by atoms with Crippen LogP contribution >= 0.6 is 0 Å². The molecule has 0 atom stereocenters. The van der Waals surface area contributed by atoms with Crippen LogP contribution in [-0.4, -0.2) is 0 Å². The van der Waals surface area contributed by atoms with Gasteiger partial charge in [-0.2, -0.15) is 0 Å². The Labute approximate surface area is 69.8 Å². The summed E-state index contributed by atoms with van der Waals surface area (Å²) in [4.78, 5) is 0. The van der Waals surface area contributed by atoms with E-state index >= 15 is 0 Å². The molecule has 0 aromatic rings. The van der Waals surface area contributed by atoms with Gasteiger partial charge in [-0.25, -0.2) is 0 Å². The number of hydrogen-bond donors (Lipinski definition) is 0. The van der Waals surface area contributed by atoms with Gasteiger partial charge in [0.15, 0.2) is 0 Å². The molecule has 0 bridgehead atoms. The van der Waals surface area contributed by atoms with E-state index < -0.39 is 0 Å². The second-order valence-corrected chi connectivity index (χ2v) is 0. The first-order valence-electron chi connectivity index (χ1n) is 0. The summed E-state index contributed by atoms with van der Waals surface area (Å²) in [7, 11) is 0. The van der Waals surface area contributed by atoms with E-state index in [1.54, 1.807) is 0 Å². The van der Waals surface area contributed by atoms with Crippen LogP contribution in [0.15, 0.2) is 0 Å². The average molecular weight is 366 g/mol. The van der Waals surface area contributed by atoms with Crippen LogP contribution < -0.4 is 0 Å². The summed E-state index contributed by atoms with van der Waals surface area (Å²) in [6.45, 7) is 0. The van der Waals surface area contributed by atoms with Gasteiger partial charge < -0.3 is 0 Å². The molecular weight excluding hydrogens is 366 g/mol. The molecule has 0 amide bonds. The Bertz CT molecular complexity index is 8.00. The van der Waals surface area contributed by atoms with Gasteiger partial charge in [0.05, 0.1) is 0 Å². The third-order valence-electron chi connectivity index (χ3n) is 0. The largest absolute Gasteiger partial charge is 0 e. The summed E-state index contributed by atoms with van der Waals surface area (Å²) >= 11 is 0. The fourth-order valence-electron chi connectivity index (χ4n) is 0. The molecule has 0 aliphatic heterocycles. The molecule has 0 nitrogen and oxygen atoms in total. The van der Waals surface area contributed by atoms with E-state index in [-0.39, 0.29) is 70.4 Å². The Morgan fingerprint density at radius 3 is 1.00 bits per heavy atom. The molecule has 0 N–H and O–H groups in total. The van der Waals surface area contributed by atoms with Gasteiger partial charge in [0, 0.05) is 70.4 Å². The van der Waals surface area contributed by atoms with E-state index in [9.17, 15) is 0 Å². The third-order valence-corrected chi connectivity index (χ3v) is 0. The van der Waals surface area contributed by atoms with E-state index in [4.69, 9.17) is 0 Å². The molecule has 0 aliphatic rings. The maximum atomic E-state index is 0. The van der Waals surface area contributed by atoms with Crippen molar-refractivity contribution in [3.05, 3.63) is 0 Å². The molecule has 0 fully saturated rings. The molecule has 0 rings (SSSR count). The minimum atomic E-state index is 0. The van der Waals surface area contributed by atoms with Crippen LogP contribution in [0.25, 0.3) is 0 Å². The Morgan fingerprint density at radius 1 is 1.00 bits per heavy atom. The average Bonchev–Trinajstić information content (AvgIpc) is 0. The zero-order valence-electron chi connectivity index (χ0n) is 1.34. The van der Waals surface area contributed by atoms with Crippen molar-refractivity contribution in [2.24, 2.45) is 0 Å². The molecule has 0 saturated heterocycles. The van der Waals surface area contributed by atoms with Crippen LogP contribution in [0.2, 0.25) is 0 Å². The second kappa shape index (κ2) is 19.1. The standard InChI is InChI=1S/Co.Fe.Ir.Ni. The number of hydrogen-bond acceptors (Lipinski definition) is 0. The van der Waals surface area contributed by atoms with Crippen LogP contribution in [0.4, 0.5) is 0 Å². The van der Waals surface area contributed by atoms with Crippen molar-refractivity contribution in [2.75, 3.05) is 0 Å². The van der Waals surface area contributed by atoms with E-state index in [1.165, 1.54) is 0 Å². The molecule has 0 spiro atoms. The van der Waals surface area contributed by atoms with Gasteiger partial charge >= 0.3 is 0 Å². The number of rotatable bonds is 0. The van der Waals surface area contributed by atoms with Crippen LogP contribution in [0.3, 0.4) is 0 Å². The van der Waals surface area contributed by atoms with Gasteiger partial charge in [-0.05, 0) is 0 Å². The van der Waals surface area contributed by atoms with Crippen molar-refractivity contribution in [2.45, 2.75) is 0 Å². The zero-order chi connectivity index (χ0) is 0. The third kappa shape index (κ3) is 8.90. The summed E-state index contributed by atoms with van der Waals surface area (Å²) in [5, 5.41) is 0. The van der Waals surface area contributed by atoms with Gasteiger partial charge in [0.2, 0.25) is 0 Å². The van der Waals surface area contributed by atoms with E-state index in [1.807, 2.05) is 0 Å². The van der Waals surface area contributed by atoms with Gasteiger partial charge in [0.25, 0.3) is 0 Å². The Balaban J connectivity index is 0. The summed E-state index contributed by atoms with van der Waals surface area (Å²) in [6, 6.07) is 0. The maximum Gasteiger partial charge on any atom is 0 e. The Morgan fingerprint density at radius 2 is 1.00 bits per heavy atom. The molecule has 0 aromatic heterocycles. The first kappa shape index (κ1) is 35.0. The van der Waals surface area contributed by atoms with Crippen LogP contribution in [0.5, 0.6) is 0 Å². The van der Waals surface area contributed by atoms with Crippen molar-refractivity contribution in [1.29, 1.82) is 0 Å². The minimum Gasteiger partial charge on any atom is 0 e. The topological polar surface area (TPSA) is 0 Å². The smallest absolute Gasteiger partial charge is 0 e. The normalized spacial score (nSPS) is 0. The molecule has 0 aliphatic carbocycles. The van der Waals surface area contributed by atoms with Crippen molar-refractivity contribution in [3.63, 3.8) is 0 Å². The first-order valence-corrected chi connectivity index (χ1v) is 0. The quantitative estimate of drug-likeness (QED) is 0.530. The van der Waals surface area contributed by atoms with Crippen LogP contribution in [0.1, 0.15) is 0 Å². The summed E-state index contributed by atoms with van der Waals surface area (Å²) < 4.78 is 0. The Hall–Kier alpha value is 2.17. The summed E-state index contributed by atoms with van der Waals surface area (Å²) in [5.74, 6) is 0. The van der Waals surface area contributed by atoms with E-state index in [2.05, 4.69) is 0 Å². The second-order valence-electron chi connectivity index (χ2n) is 0. The molecule has 0 unspecified atom stereocenters. The first-order chi connectivity index (χ1) is 0. The molecular formula is CoFeIrNi. The van der Waals surface area contributed by atoms with Gasteiger partial charge in [-0.3, -0.25) is 0 Å². The van der Waals surface area contributed by atoms with Crippen molar-refractivity contribution in [3.8, 4) is 0 Å². The van der Waals surface area contributed by atoms with Crippen molar-refractivity contribution >= 4 is 0 Å². The predicted octanol–water partition coefficient (Wildman–Crippen LogP) is -0.0100. The molecule has 0 heterocycles.